The lowest BCUT2D eigenvalue weighted by atomic mass is 9.83. The van der Waals surface area contributed by atoms with Crippen LogP contribution in [-0.4, -0.2) is 42.2 Å². The van der Waals surface area contributed by atoms with E-state index in [-0.39, 0.29) is 5.92 Å². The van der Waals surface area contributed by atoms with Crippen LogP contribution >= 0.6 is 0 Å². The highest BCUT2D eigenvalue weighted by Crippen LogP contribution is 2.32. The fraction of sp³-hybridized carbons (Fsp3) is 0.571. The number of aliphatic carboxylic acids is 1. The molecule has 0 amide bonds. The van der Waals surface area contributed by atoms with Crippen molar-refractivity contribution >= 4 is 12.0 Å². The minimum absolute atomic E-state index is 0.183. The third-order valence-corrected chi connectivity index (χ3v) is 5.56. The topological polar surface area (TPSA) is 49.8 Å². The molecule has 25 heavy (non-hydrogen) atoms. The van der Waals surface area contributed by atoms with E-state index in [1.807, 2.05) is 0 Å². The maximum absolute atomic E-state index is 10.9. The van der Waals surface area contributed by atoms with Crippen molar-refractivity contribution in [3.63, 3.8) is 0 Å². The summed E-state index contributed by atoms with van der Waals surface area (Å²) < 4.78 is 5.93. The standard InChI is InChI=1S/C21H29NO3/c1-4-14(2)13-25-20-6-5-16-8-18(15(3)7-17(16)9-20)10-22-11-19(12-22)21(23)24/h5-6,8-9,14-15,19H,4,7,10-13H2,1-3H3,(H,23,24)/t14?,15-/m0/s1. The van der Waals surface area contributed by atoms with Gasteiger partial charge in [-0.05, 0) is 41.5 Å². The van der Waals surface area contributed by atoms with Crippen LogP contribution in [-0.2, 0) is 11.2 Å². The molecule has 1 aromatic carbocycles. The first-order valence-electron chi connectivity index (χ1n) is 9.37. The molecule has 2 atom stereocenters. The largest absolute Gasteiger partial charge is 0.493 e. The van der Waals surface area contributed by atoms with Crippen LogP contribution in [0.15, 0.2) is 23.8 Å². The molecule has 1 aliphatic heterocycles. The summed E-state index contributed by atoms with van der Waals surface area (Å²) in [7, 11) is 0. The van der Waals surface area contributed by atoms with Crippen LogP contribution in [0.1, 0.15) is 38.3 Å². The Morgan fingerprint density at radius 1 is 1.40 bits per heavy atom. The minimum Gasteiger partial charge on any atom is -0.493 e. The summed E-state index contributed by atoms with van der Waals surface area (Å²) >= 11 is 0. The zero-order chi connectivity index (χ0) is 18.0. The maximum atomic E-state index is 10.9. The normalized spacial score (nSPS) is 21.9. The van der Waals surface area contributed by atoms with Crippen molar-refractivity contribution in [3.05, 3.63) is 34.9 Å². The van der Waals surface area contributed by atoms with E-state index < -0.39 is 5.97 Å². The molecular formula is C21H29NO3. The predicted molar refractivity (Wildman–Crippen MR) is 99.8 cm³/mol. The first kappa shape index (κ1) is 18.0. The van der Waals surface area contributed by atoms with Crippen molar-refractivity contribution in [1.29, 1.82) is 0 Å². The number of nitrogens with zero attached hydrogens (tertiary/aromatic N) is 1. The number of benzene rings is 1. The third kappa shape index (κ3) is 4.24. The number of hydrogen-bond acceptors (Lipinski definition) is 3. The summed E-state index contributed by atoms with van der Waals surface area (Å²) in [5, 5.41) is 9.01. The SMILES string of the molecule is CCC(C)COc1ccc2c(c1)C[C@H](C)C(CN1CC(C(=O)O)C1)=C2. The van der Waals surface area contributed by atoms with E-state index in [0.29, 0.717) is 24.9 Å². The van der Waals surface area contributed by atoms with Crippen LogP contribution in [0, 0.1) is 17.8 Å². The van der Waals surface area contributed by atoms with Crippen molar-refractivity contribution in [1.82, 2.24) is 4.90 Å². The monoisotopic (exact) mass is 343 g/mol. The van der Waals surface area contributed by atoms with Gasteiger partial charge in [-0.15, -0.1) is 0 Å². The quantitative estimate of drug-likeness (QED) is 0.820. The molecule has 0 spiro atoms. The Balaban J connectivity index is 1.63. The number of rotatable bonds is 7. The molecular weight excluding hydrogens is 314 g/mol. The molecule has 0 bridgehead atoms. The first-order chi connectivity index (χ1) is 12.0. The summed E-state index contributed by atoms with van der Waals surface area (Å²) in [6.07, 6.45) is 4.45. The molecule has 3 rings (SSSR count). The number of carboxylic acids is 1. The van der Waals surface area contributed by atoms with Crippen LogP contribution in [0.5, 0.6) is 5.75 Å². The molecule has 1 aromatic rings. The van der Waals surface area contributed by atoms with Gasteiger partial charge in [0.1, 0.15) is 5.75 Å². The summed E-state index contributed by atoms with van der Waals surface area (Å²) in [6, 6.07) is 6.41. The average Bonchev–Trinajstić information content (AvgIpc) is 2.55. The van der Waals surface area contributed by atoms with Crippen molar-refractivity contribution < 1.29 is 14.6 Å². The smallest absolute Gasteiger partial charge is 0.309 e. The lowest BCUT2D eigenvalue weighted by Gasteiger charge is -2.38. The molecule has 1 saturated heterocycles. The fourth-order valence-electron chi connectivity index (χ4n) is 3.46. The van der Waals surface area contributed by atoms with Crippen LogP contribution in [0.4, 0.5) is 0 Å². The second kappa shape index (κ2) is 7.61. The molecule has 1 unspecified atom stereocenters. The Morgan fingerprint density at radius 2 is 2.16 bits per heavy atom. The molecule has 0 saturated carbocycles. The van der Waals surface area contributed by atoms with E-state index in [9.17, 15) is 4.79 Å². The van der Waals surface area contributed by atoms with E-state index in [4.69, 9.17) is 9.84 Å². The van der Waals surface area contributed by atoms with Gasteiger partial charge in [-0.3, -0.25) is 9.69 Å². The van der Waals surface area contributed by atoms with Gasteiger partial charge in [-0.1, -0.05) is 44.9 Å². The van der Waals surface area contributed by atoms with Gasteiger partial charge in [0.2, 0.25) is 0 Å². The zero-order valence-corrected chi connectivity index (χ0v) is 15.5. The third-order valence-electron chi connectivity index (χ3n) is 5.56. The van der Waals surface area contributed by atoms with Gasteiger partial charge >= 0.3 is 5.97 Å². The second-order valence-electron chi connectivity index (χ2n) is 7.74. The Bertz CT molecular complexity index is 661. The molecule has 4 nitrogen and oxygen atoms in total. The van der Waals surface area contributed by atoms with Crippen molar-refractivity contribution in [2.75, 3.05) is 26.2 Å². The van der Waals surface area contributed by atoms with Crippen LogP contribution in [0.3, 0.4) is 0 Å². The van der Waals surface area contributed by atoms with Gasteiger partial charge in [-0.25, -0.2) is 0 Å². The van der Waals surface area contributed by atoms with Gasteiger partial charge in [0, 0.05) is 19.6 Å². The Labute approximate surface area is 150 Å². The van der Waals surface area contributed by atoms with Crippen molar-refractivity contribution in [3.8, 4) is 5.75 Å². The lowest BCUT2D eigenvalue weighted by molar-refractivity contribution is -0.147. The summed E-state index contributed by atoms with van der Waals surface area (Å²) in [6.45, 7) is 9.66. The number of ether oxygens (including phenoxy) is 1. The Hall–Kier alpha value is -1.81. The number of hydrogen-bond donors (Lipinski definition) is 1. The van der Waals surface area contributed by atoms with Crippen LogP contribution < -0.4 is 4.74 Å². The highest BCUT2D eigenvalue weighted by Gasteiger charge is 2.33. The molecule has 1 fully saturated rings. The van der Waals surface area contributed by atoms with E-state index in [2.05, 4.69) is 49.9 Å². The Morgan fingerprint density at radius 3 is 2.84 bits per heavy atom. The number of likely N-dealkylation sites (tertiary alicyclic amines) is 1. The number of carbonyl (C=O) groups is 1. The molecule has 0 radical (unpaired) electrons. The van der Waals surface area contributed by atoms with Gasteiger partial charge < -0.3 is 9.84 Å². The van der Waals surface area contributed by atoms with Crippen molar-refractivity contribution in [2.24, 2.45) is 17.8 Å². The molecule has 1 aliphatic carbocycles. The number of fused-ring (bicyclic) bond motifs is 1. The van der Waals surface area contributed by atoms with Gasteiger partial charge in [0.05, 0.1) is 12.5 Å². The Kier molecular flexibility index (Phi) is 5.48. The summed E-state index contributed by atoms with van der Waals surface area (Å²) in [4.78, 5) is 13.2. The first-order valence-corrected chi connectivity index (χ1v) is 9.37. The molecule has 2 aliphatic rings. The number of carboxylic acid groups (broad SMARTS) is 1. The minimum atomic E-state index is -0.669. The summed E-state index contributed by atoms with van der Waals surface area (Å²) in [5.41, 5.74) is 4.04. The lowest BCUT2D eigenvalue weighted by Crippen LogP contribution is -2.51. The predicted octanol–water partition coefficient (Wildman–Crippen LogP) is 3.70. The molecule has 1 N–H and O–H groups in total. The van der Waals surface area contributed by atoms with Crippen LogP contribution in [0.25, 0.3) is 6.08 Å². The highest BCUT2D eigenvalue weighted by molar-refractivity contribution is 5.71. The molecule has 136 valence electrons. The van der Waals surface area contributed by atoms with Crippen LogP contribution in [0.2, 0.25) is 0 Å². The zero-order valence-electron chi connectivity index (χ0n) is 15.5. The molecule has 0 aromatic heterocycles. The van der Waals surface area contributed by atoms with Crippen molar-refractivity contribution in [2.45, 2.75) is 33.6 Å². The second-order valence-corrected chi connectivity index (χ2v) is 7.74. The maximum Gasteiger partial charge on any atom is 0.309 e. The van der Waals surface area contributed by atoms with E-state index >= 15 is 0 Å². The average molecular weight is 343 g/mol. The summed E-state index contributed by atoms with van der Waals surface area (Å²) in [5.74, 6) is 1.18. The van der Waals surface area contributed by atoms with E-state index in [1.54, 1.807) is 0 Å². The van der Waals surface area contributed by atoms with Gasteiger partial charge in [0.15, 0.2) is 0 Å². The highest BCUT2D eigenvalue weighted by atomic mass is 16.5. The van der Waals surface area contributed by atoms with Gasteiger partial charge in [0.25, 0.3) is 0 Å². The van der Waals surface area contributed by atoms with E-state index in [0.717, 1.165) is 31.7 Å². The fourth-order valence-corrected chi connectivity index (χ4v) is 3.46. The molecule has 4 heteroatoms. The molecule has 1 heterocycles. The van der Waals surface area contributed by atoms with Gasteiger partial charge in [-0.2, -0.15) is 0 Å². The van der Waals surface area contributed by atoms with E-state index in [1.165, 1.54) is 16.7 Å².